The average molecular weight is 836 g/mol. The first-order valence-electron chi connectivity index (χ1n) is 26.8. The molecule has 0 aromatic heterocycles. The van der Waals surface area contributed by atoms with Crippen LogP contribution in [0.2, 0.25) is 0 Å². The van der Waals surface area contributed by atoms with Gasteiger partial charge in [0.1, 0.15) is 0 Å². The largest absolute Gasteiger partial charge is 0.466 e. The predicted molar refractivity (Wildman–Crippen MR) is 255 cm³/mol. The lowest BCUT2D eigenvalue weighted by atomic mass is 10.0. The maximum atomic E-state index is 12.4. The lowest BCUT2D eigenvalue weighted by molar-refractivity contribution is -0.143. The number of amides is 1. The van der Waals surface area contributed by atoms with E-state index in [0.717, 1.165) is 51.4 Å². The highest BCUT2D eigenvalue weighted by Gasteiger charge is 2.20. The molecule has 6 nitrogen and oxygen atoms in total. The molecule has 6 heteroatoms. The number of ether oxygens (including phenoxy) is 1. The van der Waals surface area contributed by atoms with E-state index >= 15 is 0 Å². The van der Waals surface area contributed by atoms with Crippen LogP contribution in [0.4, 0.5) is 0 Å². The number of rotatable bonds is 50. The minimum Gasteiger partial charge on any atom is -0.466 e. The zero-order chi connectivity index (χ0) is 43.0. The van der Waals surface area contributed by atoms with Crippen molar-refractivity contribution in [1.29, 1.82) is 0 Å². The Bertz CT molecular complexity index is 837. The second-order valence-corrected chi connectivity index (χ2v) is 18.6. The Hall–Kier alpha value is -1.14. The number of carbonyl (C=O) groups is 2. The minimum atomic E-state index is -0.670. The van der Waals surface area contributed by atoms with E-state index in [-0.39, 0.29) is 18.5 Å². The van der Waals surface area contributed by atoms with E-state index in [9.17, 15) is 19.8 Å². The van der Waals surface area contributed by atoms with Crippen molar-refractivity contribution in [2.75, 3.05) is 13.2 Å². The molecule has 1 amide bonds. The number of carbonyl (C=O) groups excluding carboxylic acids is 2. The highest BCUT2D eigenvalue weighted by Crippen LogP contribution is 2.17. The van der Waals surface area contributed by atoms with Crippen molar-refractivity contribution in [3.05, 3.63) is 0 Å². The monoisotopic (exact) mass is 836 g/mol. The van der Waals surface area contributed by atoms with Crippen LogP contribution in [0.25, 0.3) is 0 Å². The van der Waals surface area contributed by atoms with E-state index < -0.39 is 12.1 Å². The van der Waals surface area contributed by atoms with Gasteiger partial charge >= 0.3 is 5.97 Å². The molecule has 2 unspecified atom stereocenters. The molecule has 59 heavy (non-hydrogen) atoms. The lowest BCUT2D eigenvalue weighted by Gasteiger charge is -2.22. The Morgan fingerprint density at radius 1 is 0.407 bits per heavy atom. The van der Waals surface area contributed by atoms with Crippen LogP contribution in [0.15, 0.2) is 0 Å². The van der Waals surface area contributed by atoms with E-state index in [2.05, 4.69) is 19.2 Å². The molecule has 0 fully saturated rings. The number of unbranched alkanes of at least 4 members (excludes halogenated alkanes) is 39. The molecule has 0 aromatic rings. The van der Waals surface area contributed by atoms with Gasteiger partial charge in [0.05, 0.1) is 25.4 Å². The molecule has 0 bridgehead atoms. The van der Waals surface area contributed by atoms with Crippen molar-refractivity contribution >= 4 is 11.9 Å². The van der Waals surface area contributed by atoms with Crippen molar-refractivity contribution in [2.24, 2.45) is 0 Å². The first-order valence-corrected chi connectivity index (χ1v) is 26.8. The lowest BCUT2D eigenvalue weighted by Crippen LogP contribution is -2.45. The molecule has 0 spiro atoms. The van der Waals surface area contributed by atoms with E-state index in [1.807, 2.05) is 0 Å². The smallest absolute Gasteiger partial charge is 0.305 e. The molecular formula is C53H105NO5. The van der Waals surface area contributed by atoms with Crippen LogP contribution in [0.5, 0.6) is 0 Å². The summed E-state index contributed by atoms with van der Waals surface area (Å²) in [6, 6.07) is -0.548. The summed E-state index contributed by atoms with van der Waals surface area (Å²) in [6.07, 6.45) is 55.0. The summed E-state index contributed by atoms with van der Waals surface area (Å²) in [5.74, 6) is -0.0475. The van der Waals surface area contributed by atoms with Crippen LogP contribution >= 0.6 is 0 Å². The Kier molecular flexibility index (Phi) is 48.6. The highest BCUT2D eigenvalue weighted by atomic mass is 16.5. The van der Waals surface area contributed by atoms with Crippen molar-refractivity contribution in [3.63, 3.8) is 0 Å². The third-order valence-corrected chi connectivity index (χ3v) is 12.7. The van der Waals surface area contributed by atoms with E-state index in [1.54, 1.807) is 0 Å². The van der Waals surface area contributed by atoms with Crippen molar-refractivity contribution in [1.82, 2.24) is 5.32 Å². The molecule has 0 heterocycles. The fourth-order valence-electron chi connectivity index (χ4n) is 8.52. The van der Waals surface area contributed by atoms with Crippen molar-refractivity contribution < 1.29 is 24.5 Å². The summed E-state index contributed by atoms with van der Waals surface area (Å²) in [5, 5.41) is 23.2. The molecule has 0 aliphatic carbocycles. The molecular weight excluding hydrogens is 731 g/mol. The fourth-order valence-corrected chi connectivity index (χ4v) is 8.52. The van der Waals surface area contributed by atoms with Crippen molar-refractivity contribution in [3.8, 4) is 0 Å². The summed E-state index contributed by atoms with van der Waals surface area (Å²) in [7, 11) is 0. The normalized spacial score (nSPS) is 12.5. The van der Waals surface area contributed by atoms with Crippen LogP contribution in [0.1, 0.15) is 303 Å². The number of hydrogen-bond donors (Lipinski definition) is 3. The quantitative estimate of drug-likeness (QED) is 0.0419. The van der Waals surface area contributed by atoms with Gasteiger partial charge in [-0.25, -0.2) is 0 Å². The van der Waals surface area contributed by atoms with Gasteiger partial charge < -0.3 is 20.3 Å². The summed E-state index contributed by atoms with van der Waals surface area (Å²) in [5.41, 5.74) is 0. The molecule has 0 aromatic carbocycles. The van der Waals surface area contributed by atoms with E-state index in [0.29, 0.717) is 25.9 Å². The Labute approximate surface area is 368 Å². The molecule has 0 saturated heterocycles. The molecule has 2 atom stereocenters. The second kappa shape index (κ2) is 49.5. The van der Waals surface area contributed by atoms with Gasteiger partial charge in [0.25, 0.3) is 0 Å². The van der Waals surface area contributed by atoms with Gasteiger partial charge in [0.2, 0.25) is 5.91 Å². The van der Waals surface area contributed by atoms with Crippen LogP contribution in [-0.4, -0.2) is 47.4 Å². The Morgan fingerprint density at radius 3 is 1.03 bits per heavy atom. The van der Waals surface area contributed by atoms with Crippen LogP contribution in [0, 0.1) is 0 Å². The fraction of sp³-hybridized carbons (Fsp3) is 0.962. The second-order valence-electron chi connectivity index (χ2n) is 18.6. The summed E-state index contributed by atoms with van der Waals surface area (Å²) in [4.78, 5) is 24.5. The number of aliphatic hydroxyl groups excluding tert-OH is 2. The molecule has 0 radical (unpaired) electrons. The Balaban J connectivity index is 3.40. The van der Waals surface area contributed by atoms with Gasteiger partial charge in [-0.3, -0.25) is 9.59 Å². The molecule has 352 valence electrons. The first kappa shape index (κ1) is 57.9. The maximum absolute atomic E-state index is 12.4. The van der Waals surface area contributed by atoms with Crippen LogP contribution < -0.4 is 5.32 Å². The summed E-state index contributed by atoms with van der Waals surface area (Å²) < 4.78 is 5.48. The zero-order valence-corrected chi connectivity index (χ0v) is 40.0. The molecule has 0 rings (SSSR count). The van der Waals surface area contributed by atoms with Gasteiger partial charge in [0.15, 0.2) is 0 Å². The third kappa shape index (κ3) is 46.2. The number of hydrogen-bond acceptors (Lipinski definition) is 5. The van der Waals surface area contributed by atoms with Gasteiger partial charge in [-0.05, 0) is 25.7 Å². The highest BCUT2D eigenvalue weighted by molar-refractivity contribution is 5.76. The standard InChI is InChI=1S/C53H105NO5/c1-3-5-7-9-11-13-15-17-18-19-20-23-27-31-35-39-43-47-53(58)59-48-44-40-36-32-28-24-21-22-26-30-34-38-42-46-52(57)54-50(49-55)51(56)45-41-37-33-29-25-16-14-12-10-8-6-4-2/h50-51,55-56H,3-49H2,1-2H3,(H,54,57). The topological polar surface area (TPSA) is 95.9 Å². The summed E-state index contributed by atoms with van der Waals surface area (Å²) in [6.45, 7) is 4.94. The first-order chi connectivity index (χ1) is 29.0. The van der Waals surface area contributed by atoms with Gasteiger partial charge in [-0.15, -0.1) is 0 Å². The third-order valence-electron chi connectivity index (χ3n) is 12.7. The predicted octanol–water partition coefficient (Wildman–Crippen LogP) is 16.0. The van der Waals surface area contributed by atoms with Crippen LogP contribution in [-0.2, 0) is 14.3 Å². The van der Waals surface area contributed by atoms with Gasteiger partial charge in [-0.2, -0.15) is 0 Å². The zero-order valence-electron chi connectivity index (χ0n) is 40.0. The average Bonchev–Trinajstić information content (AvgIpc) is 3.24. The minimum absolute atomic E-state index is 0.000962. The number of nitrogens with one attached hydrogen (secondary N) is 1. The van der Waals surface area contributed by atoms with Crippen molar-refractivity contribution in [2.45, 2.75) is 315 Å². The summed E-state index contributed by atoms with van der Waals surface area (Å²) >= 11 is 0. The van der Waals surface area contributed by atoms with E-state index in [1.165, 1.54) is 218 Å². The molecule has 0 aliphatic heterocycles. The maximum Gasteiger partial charge on any atom is 0.305 e. The Morgan fingerprint density at radius 2 is 0.695 bits per heavy atom. The molecule has 0 aliphatic rings. The molecule has 3 N–H and O–H groups in total. The van der Waals surface area contributed by atoms with Gasteiger partial charge in [-0.1, -0.05) is 264 Å². The number of aliphatic hydroxyl groups is 2. The SMILES string of the molecule is CCCCCCCCCCCCCCCCCCCC(=O)OCCCCCCCCCCCCCCCC(=O)NC(CO)C(O)CCCCCCCCCCCCCC. The van der Waals surface area contributed by atoms with Gasteiger partial charge in [0, 0.05) is 12.8 Å². The number of esters is 1. The van der Waals surface area contributed by atoms with Crippen LogP contribution in [0.3, 0.4) is 0 Å². The molecule has 0 saturated carbocycles. The van der Waals surface area contributed by atoms with E-state index in [4.69, 9.17) is 4.74 Å².